The van der Waals surface area contributed by atoms with Gasteiger partial charge in [0.1, 0.15) is 10.8 Å². The Morgan fingerprint density at radius 2 is 2.22 bits per heavy atom. The van der Waals surface area contributed by atoms with Crippen molar-refractivity contribution in [1.29, 1.82) is 0 Å². The summed E-state index contributed by atoms with van der Waals surface area (Å²) >= 11 is 1.34. The van der Waals surface area contributed by atoms with Crippen LogP contribution in [0.25, 0.3) is 0 Å². The highest BCUT2D eigenvalue weighted by Gasteiger charge is 2.03. The van der Waals surface area contributed by atoms with E-state index in [4.69, 9.17) is 0 Å². The van der Waals surface area contributed by atoms with Gasteiger partial charge in [0.2, 0.25) is 0 Å². The summed E-state index contributed by atoms with van der Waals surface area (Å²) in [6.45, 7) is 4.63. The molecule has 2 rings (SSSR count). The van der Waals surface area contributed by atoms with Crippen molar-refractivity contribution in [3.05, 3.63) is 40.3 Å². The van der Waals surface area contributed by atoms with Gasteiger partial charge in [-0.25, -0.2) is 9.97 Å². The van der Waals surface area contributed by atoms with Crippen LogP contribution in [0.2, 0.25) is 0 Å². The fourth-order valence-corrected chi connectivity index (χ4v) is 2.28. The standard InChI is InChI=1S/C12H14N4OS/c1-3-13-9-5-4-6-11(15-9)18-12-14-8(2)7-10(17)16-12/h4-7H,3H2,1-2H3,(H,13,15)(H,14,16,17). The summed E-state index contributed by atoms with van der Waals surface area (Å²) in [5.41, 5.74) is 0.553. The number of pyridine rings is 1. The molecule has 0 atom stereocenters. The molecule has 6 heteroatoms. The van der Waals surface area contributed by atoms with Gasteiger partial charge in [0, 0.05) is 18.3 Å². The molecule has 0 amide bonds. The lowest BCUT2D eigenvalue weighted by molar-refractivity contribution is 0.902. The Morgan fingerprint density at radius 1 is 1.39 bits per heavy atom. The molecule has 0 fully saturated rings. The van der Waals surface area contributed by atoms with Crippen LogP contribution >= 0.6 is 11.8 Å². The molecule has 2 aromatic heterocycles. The van der Waals surface area contributed by atoms with Gasteiger partial charge < -0.3 is 10.3 Å². The molecule has 0 unspecified atom stereocenters. The molecule has 94 valence electrons. The summed E-state index contributed by atoms with van der Waals surface area (Å²) in [4.78, 5) is 22.7. The maximum absolute atomic E-state index is 11.3. The number of aryl methyl sites for hydroxylation is 1. The van der Waals surface area contributed by atoms with E-state index in [1.54, 1.807) is 6.92 Å². The number of nitrogens with zero attached hydrogens (tertiary/aromatic N) is 2. The van der Waals surface area contributed by atoms with E-state index in [0.717, 1.165) is 17.4 Å². The smallest absolute Gasteiger partial charge is 0.251 e. The molecule has 5 nitrogen and oxygen atoms in total. The lowest BCUT2D eigenvalue weighted by Gasteiger charge is -2.04. The van der Waals surface area contributed by atoms with Gasteiger partial charge in [-0.05, 0) is 37.7 Å². The number of aromatic nitrogens is 3. The molecule has 0 aliphatic heterocycles. The molecule has 0 bridgehead atoms. The minimum atomic E-state index is -0.146. The minimum Gasteiger partial charge on any atom is -0.370 e. The number of hydrogen-bond acceptors (Lipinski definition) is 5. The van der Waals surface area contributed by atoms with Crippen molar-refractivity contribution in [3.8, 4) is 0 Å². The van der Waals surface area contributed by atoms with Crippen molar-refractivity contribution in [2.24, 2.45) is 0 Å². The second-order valence-electron chi connectivity index (χ2n) is 3.69. The first-order valence-electron chi connectivity index (χ1n) is 5.64. The third-order valence-electron chi connectivity index (χ3n) is 2.13. The highest BCUT2D eigenvalue weighted by molar-refractivity contribution is 7.99. The van der Waals surface area contributed by atoms with Crippen molar-refractivity contribution >= 4 is 17.6 Å². The van der Waals surface area contributed by atoms with Crippen LogP contribution in [0.1, 0.15) is 12.6 Å². The summed E-state index contributed by atoms with van der Waals surface area (Å²) in [5, 5.41) is 4.49. The van der Waals surface area contributed by atoms with Gasteiger partial charge in [-0.2, -0.15) is 0 Å². The maximum Gasteiger partial charge on any atom is 0.251 e. The van der Waals surface area contributed by atoms with Crippen LogP contribution in [0.4, 0.5) is 5.82 Å². The SMILES string of the molecule is CCNc1cccc(Sc2nc(C)cc(=O)[nH]2)n1. The van der Waals surface area contributed by atoms with E-state index in [2.05, 4.69) is 20.3 Å². The fraction of sp³-hybridized carbons (Fsp3) is 0.250. The molecule has 18 heavy (non-hydrogen) atoms. The molecule has 0 aliphatic rings. The predicted molar refractivity (Wildman–Crippen MR) is 72.1 cm³/mol. The third-order valence-corrected chi connectivity index (χ3v) is 2.95. The van der Waals surface area contributed by atoms with Crippen LogP contribution in [0, 0.1) is 6.92 Å². The average molecular weight is 262 g/mol. The zero-order valence-electron chi connectivity index (χ0n) is 10.2. The van der Waals surface area contributed by atoms with Crippen LogP contribution in [-0.2, 0) is 0 Å². The van der Waals surface area contributed by atoms with Gasteiger partial charge in [0.25, 0.3) is 5.56 Å². The zero-order valence-corrected chi connectivity index (χ0v) is 11.0. The topological polar surface area (TPSA) is 70.7 Å². The van der Waals surface area contributed by atoms with E-state index in [9.17, 15) is 4.79 Å². The fourth-order valence-electron chi connectivity index (χ4n) is 1.45. The monoisotopic (exact) mass is 262 g/mol. The number of nitrogens with one attached hydrogen (secondary N) is 2. The Bertz CT molecular complexity index is 597. The summed E-state index contributed by atoms with van der Waals surface area (Å²) in [6, 6.07) is 7.17. The van der Waals surface area contributed by atoms with Gasteiger partial charge >= 0.3 is 0 Å². The Kier molecular flexibility index (Phi) is 3.99. The van der Waals surface area contributed by atoms with Crippen LogP contribution in [0.3, 0.4) is 0 Å². The number of rotatable bonds is 4. The molecule has 2 N–H and O–H groups in total. The summed E-state index contributed by atoms with van der Waals surface area (Å²) < 4.78 is 0. The second-order valence-corrected chi connectivity index (χ2v) is 4.69. The largest absolute Gasteiger partial charge is 0.370 e. The van der Waals surface area contributed by atoms with E-state index in [1.807, 2.05) is 25.1 Å². The first-order chi connectivity index (χ1) is 8.67. The van der Waals surface area contributed by atoms with Crippen LogP contribution in [0.15, 0.2) is 39.2 Å². The number of H-pyrrole nitrogens is 1. The van der Waals surface area contributed by atoms with E-state index < -0.39 is 0 Å². The first-order valence-corrected chi connectivity index (χ1v) is 6.46. The summed E-state index contributed by atoms with van der Waals surface area (Å²) in [5.74, 6) is 0.817. The number of anilines is 1. The van der Waals surface area contributed by atoms with Gasteiger partial charge in [0.05, 0.1) is 0 Å². The van der Waals surface area contributed by atoms with E-state index in [1.165, 1.54) is 17.8 Å². The lowest BCUT2D eigenvalue weighted by atomic mass is 10.4. The molecule has 0 radical (unpaired) electrons. The Morgan fingerprint density at radius 3 is 2.94 bits per heavy atom. The number of hydrogen-bond donors (Lipinski definition) is 2. The first kappa shape index (κ1) is 12.6. The molecule has 0 aromatic carbocycles. The quantitative estimate of drug-likeness (QED) is 0.825. The molecule has 0 saturated carbocycles. The van der Waals surface area contributed by atoms with Crippen molar-refractivity contribution < 1.29 is 0 Å². The highest BCUT2D eigenvalue weighted by Crippen LogP contribution is 2.22. The van der Waals surface area contributed by atoms with Crippen molar-refractivity contribution in [1.82, 2.24) is 15.0 Å². The predicted octanol–water partition coefficient (Wildman–Crippen LogP) is 2.06. The highest BCUT2D eigenvalue weighted by atomic mass is 32.2. The minimum absolute atomic E-state index is 0.146. The lowest BCUT2D eigenvalue weighted by Crippen LogP contribution is -2.08. The van der Waals surface area contributed by atoms with Crippen LogP contribution < -0.4 is 10.9 Å². The van der Waals surface area contributed by atoms with Crippen molar-refractivity contribution in [3.63, 3.8) is 0 Å². The van der Waals surface area contributed by atoms with Crippen molar-refractivity contribution in [2.75, 3.05) is 11.9 Å². The van der Waals surface area contributed by atoms with Gasteiger partial charge in [-0.1, -0.05) is 6.07 Å². The maximum atomic E-state index is 11.3. The molecule has 0 aliphatic carbocycles. The van der Waals surface area contributed by atoms with Gasteiger partial charge in [-0.15, -0.1) is 0 Å². The molecular weight excluding hydrogens is 248 g/mol. The van der Waals surface area contributed by atoms with Gasteiger partial charge in [0.15, 0.2) is 5.16 Å². The van der Waals surface area contributed by atoms with E-state index in [-0.39, 0.29) is 5.56 Å². The van der Waals surface area contributed by atoms with Crippen LogP contribution in [-0.4, -0.2) is 21.5 Å². The van der Waals surface area contributed by atoms with E-state index >= 15 is 0 Å². The Hall–Kier alpha value is -1.82. The zero-order chi connectivity index (χ0) is 13.0. The normalized spacial score (nSPS) is 10.3. The molecule has 0 spiro atoms. The van der Waals surface area contributed by atoms with Crippen LogP contribution in [0.5, 0.6) is 0 Å². The molecule has 0 saturated heterocycles. The second kappa shape index (κ2) is 5.68. The number of aromatic amines is 1. The third kappa shape index (κ3) is 3.33. The summed E-state index contributed by atoms with van der Waals surface area (Å²) in [6.07, 6.45) is 0. The molecular formula is C12H14N4OS. The Labute approximate surface area is 109 Å². The van der Waals surface area contributed by atoms with Gasteiger partial charge in [-0.3, -0.25) is 4.79 Å². The molecule has 2 aromatic rings. The Balaban J connectivity index is 2.22. The summed E-state index contributed by atoms with van der Waals surface area (Å²) in [7, 11) is 0. The van der Waals surface area contributed by atoms with Crippen molar-refractivity contribution in [2.45, 2.75) is 24.0 Å². The average Bonchev–Trinajstić information content (AvgIpc) is 2.28. The van der Waals surface area contributed by atoms with E-state index in [0.29, 0.717) is 10.9 Å². The molecule has 2 heterocycles.